The predicted octanol–water partition coefficient (Wildman–Crippen LogP) is 4.99. The van der Waals surface area contributed by atoms with Crippen molar-refractivity contribution in [3.8, 4) is 0 Å². The summed E-state index contributed by atoms with van der Waals surface area (Å²) in [5.41, 5.74) is 5.22. The highest BCUT2D eigenvalue weighted by Crippen LogP contribution is 2.46. The Hall–Kier alpha value is -2.13. The van der Waals surface area contributed by atoms with Gasteiger partial charge in [0.2, 0.25) is 0 Å². The van der Waals surface area contributed by atoms with Crippen molar-refractivity contribution >= 4 is 28.7 Å². The minimum absolute atomic E-state index is 0.399. The zero-order valence-corrected chi connectivity index (χ0v) is 14.5. The van der Waals surface area contributed by atoms with Gasteiger partial charge < -0.3 is 9.80 Å². The fourth-order valence-corrected chi connectivity index (χ4v) is 4.31. The molecule has 0 saturated carbocycles. The number of fused-ring (bicyclic) bond motifs is 2. The number of benzene rings is 2. The topological polar surface area (TPSA) is 6.48 Å². The molecule has 2 heterocycles. The van der Waals surface area contributed by atoms with E-state index in [9.17, 15) is 0 Å². The molecule has 2 aromatic carbocycles. The summed E-state index contributed by atoms with van der Waals surface area (Å²) in [6.07, 6.45) is 4.68. The first-order valence-electron chi connectivity index (χ1n) is 7.91. The van der Waals surface area contributed by atoms with Crippen LogP contribution in [0.3, 0.4) is 0 Å². The van der Waals surface area contributed by atoms with Crippen LogP contribution >= 0.6 is 11.8 Å². The molecule has 0 amide bonds. The minimum atomic E-state index is 0.399. The van der Waals surface area contributed by atoms with E-state index in [2.05, 4.69) is 91.5 Å². The van der Waals surface area contributed by atoms with Gasteiger partial charge in [-0.15, -0.1) is 0 Å². The van der Waals surface area contributed by atoms with Gasteiger partial charge >= 0.3 is 0 Å². The highest BCUT2D eigenvalue weighted by molar-refractivity contribution is 8.03. The maximum absolute atomic E-state index is 2.35. The van der Waals surface area contributed by atoms with Crippen molar-refractivity contribution in [2.45, 2.75) is 17.9 Å². The third-order valence-corrected chi connectivity index (χ3v) is 5.84. The molecule has 0 aliphatic carbocycles. The summed E-state index contributed by atoms with van der Waals surface area (Å²) in [7, 11) is 4.31. The number of anilines is 2. The second-order valence-corrected chi connectivity index (χ2v) is 7.16. The maximum atomic E-state index is 2.35. The van der Waals surface area contributed by atoms with E-state index in [4.69, 9.17) is 0 Å². The number of hydrogen-bond acceptors (Lipinski definition) is 3. The van der Waals surface area contributed by atoms with Crippen molar-refractivity contribution in [2.24, 2.45) is 0 Å². The van der Waals surface area contributed by atoms with Gasteiger partial charge in [0, 0.05) is 36.3 Å². The normalized spacial score (nSPS) is 21.3. The molecule has 0 fully saturated rings. The fourth-order valence-electron chi connectivity index (χ4n) is 3.21. The summed E-state index contributed by atoms with van der Waals surface area (Å²) in [4.78, 5) is 5.94. The average Bonchev–Trinajstić information content (AvgIpc) is 2.89. The van der Waals surface area contributed by atoms with Crippen molar-refractivity contribution in [1.82, 2.24) is 0 Å². The van der Waals surface area contributed by atoms with Crippen LogP contribution in [-0.4, -0.2) is 20.1 Å². The first kappa shape index (κ1) is 14.5. The van der Waals surface area contributed by atoms with Crippen LogP contribution in [0.1, 0.15) is 12.5 Å². The van der Waals surface area contributed by atoms with Crippen molar-refractivity contribution < 1.29 is 0 Å². The molecule has 23 heavy (non-hydrogen) atoms. The van der Waals surface area contributed by atoms with Crippen molar-refractivity contribution in [3.63, 3.8) is 0 Å². The molecule has 1 unspecified atom stereocenters. The first-order chi connectivity index (χ1) is 11.1. The molecule has 0 radical (unpaired) electrons. The second kappa shape index (κ2) is 5.50. The fraction of sp³-hybridized carbons (Fsp3) is 0.200. The van der Waals surface area contributed by atoms with Crippen LogP contribution in [0.4, 0.5) is 11.4 Å². The van der Waals surface area contributed by atoms with E-state index < -0.39 is 0 Å². The van der Waals surface area contributed by atoms with Gasteiger partial charge in [-0.3, -0.25) is 0 Å². The van der Waals surface area contributed by atoms with E-state index in [1.165, 1.54) is 32.4 Å². The van der Waals surface area contributed by atoms with Crippen LogP contribution in [0, 0.1) is 0 Å². The number of thioether (sulfide) groups is 1. The number of hydrogen-bond donors (Lipinski definition) is 0. The Kier molecular flexibility index (Phi) is 3.46. The molecule has 2 aliphatic heterocycles. The molecular formula is C20H20N2S. The summed E-state index contributed by atoms with van der Waals surface area (Å²) in [5.74, 6) is 0. The quantitative estimate of drug-likeness (QED) is 0.731. The monoisotopic (exact) mass is 320 g/mol. The lowest BCUT2D eigenvalue weighted by Gasteiger charge is -2.32. The SMILES string of the molecule is CC1C=C(/C=C2/Sc3ccccc3N2C)c2ccccc2N1C. The molecule has 116 valence electrons. The van der Waals surface area contributed by atoms with Gasteiger partial charge in [0.05, 0.1) is 10.7 Å². The van der Waals surface area contributed by atoms with E-state index in [0.717, 1.165) is 0 Å². The van der Waals surface area contributed by atoms with Gasteiger partial charge in [-0.1, -0.05) is 48.2 Å². The number of nitrogens with zero attached hydrogens (tertiary/aromatic N) is 2. The van der Waals surface area contributed by atoms with Gasteiger partial charge in [0.1, 0.15) is 0 Å². The lowest BCUT2D eigenvalue weighted by atomic mass is 9.96. The molecular weight excluding hydrogens is 300 g/mol. The number of likely N-dealkylation sites (N-methyl/N-ethyl adjacent to an activating group) is 1. The van der Waals surface area contributed by atoms with Crippen molar-refractivity contribution in [3.05, 3.63) is 71.3 Å². The Bertz CT molecular complexity index is 822. The number of para-hydroxylation sites is 2. The number of rotatable bonds is 1. The van der Waals surface area contributed by atoms with Crippen molar-refractivity contribution in [2.75, 3.05) is 23.9 Å². The molecule has 2 nitrogen and oxygen atoms in total. The highest BCUT2D eigenvalue weighted by Gasteiger charge is 2.24. The lowest BCUT2D eigenvalue weighted by molar-refractivity contribution is 0.814. The summed E-state index contributed by atoms with van der Waals surface area (Å²) in [5, 5.41) is 1.28. The van der Waals surface area contributed by atoms with Gasteiger partial charge in [0.25, 0.3) is 0 Å². The summed E-state index contributed by atoms with van der Waals surface area (Å²) < 4.78 is 0. The molecule has 3 heteroatoms. The average molecular weight is 320 g/mol. The molecule has 0 spiro atoms. The molecule has 0 N–H and O–H groups in total. The third-order valence-electron chi connectivity index (χ3n) is 4.68. The van der Waals surface area contributed by atoms with Crippen LogP contribution in [0.25, 0.3) is 5.57 Å². The Morgan fingerprint density at radius 1 is 0.957 bits per heavy atom. The van der Waals surface area contributed by atoms with Crippen LogP contribution in [-0.2, 0) is 0 Å². The summed E-state index contributed by atoms with van der Waals surface area (Å²) >= 11 is 1.85. The summed E-state index contributed by atoms with van der Waals surface area (Å²) in [6.45, 7) is 2.24. The first-order valence-corrected chi connectivity index (χ1v) is 8.73. The highest BCUT2D eigenvalue weighted by atomic mass is 32.2. The Morgan fingerprint density at radius 3 is 2.43 bits per heavy atom. The summed E-state index contributed by atoms with van der Waals surface area (Å²) in [6, 6.07) is 17.6. The Balaban J connectivity index is 1.76. The zero-order chi connectivity index (χ0) is 16.0. The van der Waals surface area contributed by atoms with E-state index in [1.54, 1.807) is 0 Å². The van der Waals surface area contributed by atoms with Gasteiger partial charge in [-0.05, 0) is 36.8 Å². The van der Waals surface area contributed by atoms with Gasteiger partial charge in [0.15, 0.2) is 0 Å². The second-order valence-electron chi connectivity index (χ2n) is 6.10. The van der Waals surface area contributed by atoms with E-state index >= 15 is 0 Å². The molecule has 0 saturated heterocycles. The Labute approximate surface area is 142 Å². The third kappa shape index (κ3) is 2.36. The van der Waals surface area contributed by atoms with Crippen LogP contribution in [0.2, 0.25) is 0 Å². The van der Waals surface area contributed by atoms with Crippen LogP contribution in [0.15, 0.2) is 70.6 Å². The van der Waals surface area contributed by atoms with Crippen LogP contribution < -0.4 is 9.80 Å². The van der Waals surface area contributed by atoms with Crippen LogP contribution in [0.5, 0.6) is 0 Å². The maximum Gasteiger partial charge on any atom is 0.0805 e. The lowest BCUT2D eigenvalue weighted by Crippen LogP contribution is -2.30. The van der Waals surface area contributed by atoms with E-state index in [-0.39, 0.29) is 0 Å². The molecule has 0 bridgehead atoms. The standard InChI is InChI=1S/C20H20N2S/c1-14-12-15(16-8-4-5-9-17(16)21(14)2)13-20-22(3)18-10-6-7-11-19(18)23-20/h4-14H,1-3H3/b20-13+. The zero-order valence-electron chi connectivity index (χ0n) is 13.7. The van der Waals surface area contributed by atoms with Gasteiger partial charge in [-0.2, -0.15) is 0 Å². The Morgan fingerprint density at radius 2 is 1.65 bits per heavy atom. The van der Waals surface area contributed by atoms with Crippen molar-refractivity contribution in [1.29, 1.82) is 0 Å². The predicted molar refractivity (Wildman–Crippen MR) is 101 cm³/mol. The van der Waals surface area contributed by atoms with E-state index in [1.807, 2.05) is 11.8 Å². The molecule has 4 rings (SSSR count). The minimum Gasteiger partial charge on any atom is -0.368 e. The number of allylic oxidation sites excluding steroid dienone is 2. The van der Waals surface area contributed by atoms with E-state index in [0.29, 0.717) is 6.04 Å². The molecule has 2 aliphatic rings. The largest absolute Gasteiger partial charge is 0.368 e. The van der Waals surface area contributed by atoms with Gasteiger partial charge in [-0.25, -0.2) is 0 Å². The molecule has 0 aromatic heterocycles. The smallest absolute Gasteiger partial charge is 0.0805 e. The molecule has 1 atom stereocenters. The molecule has 2 aromatic rings.